The molecule has 139 heavy (non-hydrogen) atoms. The Hall–Kier alpha value is -12.1. The van der Waals surface area contributed by atoms with Crippen LogP contribution in [-0.4, -0.2) is 210 Å². The molecule has 1 aliphatic carbocycles. The van der Waals surface area contributed by atoms with Crippen molar-refractivity contribution in [3.63, 3.8) is 0 Å². The monoisotopic (exact) mass is 1880 g/mol. The summed E-state index contributed by atoms with van der Waals surface area (Å²) in [6.07, 6.45) is 31.8. The van der Waals surface area contributed by atoms with Crippen molar-refractivity contribution in [3.05, 3.63) is 287 Å². The molecule has 27 heteroatoms. The SMILES string of the molecule is CN1CCC(N2CCC3(CC2)C(=O)N(Cc2ccc(-c4cnn(C)c4)cc2F)c2ccccc23)CC1.Cn1cc(-c2ccc(CN3C(=O)C4(CCN(C5CCCC5)CC4)c4ccccc43)c(F)c2)cn1.Cn1cc(-c2ccc(CN3C(=O)C4(CCN(C5CCOC5)CC4)c4ccccc43)c(F)c2)cn1.Cn1cc(-c2ccc(CN3C(=O)C4(CCN(C5CCOCC5)CC4)c4ccccc43)c(F)c2)cn1. The van der Waals surface area contributed by atoms with Crippen molar-refractivity contribution < 1.29 is 46.2 Å². The molecule has 0 bridgehead atoms. The van der Waals surface area contributed by atoms with Crippen LogP contribution in [0, 0.1) is 23.3 Å². The number of carbonyl (C=O) groups excluding carboxylic acids is 4. The summed E-state index contributed by atoms with van der Waals surface area (Å²) in [7, 11) is 9.57. The molecule has 7 saturated heterocycles. The van der Waals surface area contributed by atoms with Crippen LogP contribution in [-0.2, 0) is 105 Å². The summed E-state index contributed by atoms with van der Waals surface area (Å²) in [5, 5.41) is 16.7. The summed E-state index contributed by atoms with van der Waals surface area (Å²) in [6.45, 7) is 13.9. The first-order valence-corrected chi connectivity index (χ1v) is 50.2. The zero-order valence-electron chi connectivity index (χ0n) is 80.4. The van der Waals surface area contributed by atoms with Gasteiger partial charge in [0.1, 0.15) is 23.3 Å². The number of halogens is 4. The second-order valence-corrected chi connectivity index (χ2v) is 40.8. The van der Waals surface area contributed by atoms with Gasteiger partial charge in [0.2, 0.25) is 23.6 Å². The number of aromatic nitrogens is 8. The molecule has 4 spiro atoms. The van der Waals surface area contributed by atoms with Crippen molar-refractivity contribution in [3.8, 4) is 44.5 Å². The Kier molecular flexibility index (Phi) is 26.3. The number of benzene rings is 8. The van der Waals surface area contributed by atoms with Gasteiger partial charge in [-0.05, 0) is 262 Å². The van der Waals surface area contributed by atoms with Crippen LogP contribution in [0.5, 0.6) is 0 Å². The van der Waals surface area contributed by atoms with Gasteiger partial charge >= 0.3 is 0 Å². The fraction of sp³-hybridized carbons (Fsp3) is 0.429. The Balaban J connectivity index is 0.000000110. The van der Waals surface area contributed by atoms with Gasteiger partial charge in [0.25, 0.3) is 0 Å². The first-order valence-electron chi connectivity index (χ1n) is 50.2. The van der Waals surface area contributed by atoms with Crippen molar-refractivity contribution >= 4 is 46.4 Å². The molecule has 12 aliphatic rings. The van der Waals surface area contributed by atoms with E-state index in [2.05, 4.69) is 76.2 Å². The number of piperidine rings is 5. The number of rotatable bonds is 16. The van der Waals surface area contributed by atoms with Gasteiger partial charge in [-0.15, -0.1) is 0 Å². The van der Waals surface area contributed by atoms with E-state index < -0.39 is 21.7 Å². The lowest BCUT2D eigenvalue weighted by Crippen LogP contribution is -2.53. The Bertz CT molecular complexity index is 6310. The zero-order chi connectivity index (χ0) is 95.4. The number of hydrogen-bond donors (Lipinski definition) is 0. The molecule has 1 saturated carbocycles. The molecule has 722 valence electrons. The van der Waals surface area contributed by atoms with Crippen LogP contribution < -0.4 is 19.6 Å². The number of carbonyl (C=O) groups is 4. The van der Waals surface area contributed by atoms with Crippen LogP contribution in [0.4, 0.5) is 40.3 Å². The molecule has 11 aliphatic heterocycles. The number of nitrogens with zero attached hydrogens (tertiary/aromatic N) is 17. The van der Waals surface area contributed by atoms with Crippen LogP contribution in [0.1, 0.15) is 154 Å². The maximum atomic E-state index is 15.2. The molecule has 24 rings (SSSR count). The minimum absolute atomic E-state index is 0.103. The fourth-order valence-corrected chi connectivity index (χ4v) is 24.9. The first-order chi connectivity index (χ1) is 67.6. The van der Waals surface area contributed by atoms with Gasteiger partial charge in [-0.3, -0.25) is 42.8 Å². The highest BCUT2D eigenvalue weighted by Crippen LogP contribution is 2.55. The van der Waals surface area contributed by atoms with Crippen molar-refractivity contribution in [2.24, 2.45) is 28.2 Å². The minimum atomic E-state index is -0.515. The summed E-state index contributed by atoms with van der Waals surface area (Å²) in [5.41, 5.74) is 14.9. The fourth-order valence-electron chi connectivity index (χ4n) is 24.9. The van der Waals surface area contributed by atoms with E-state index in [0.29, 0.717) is 46.4 Å². The molecule has 15 heterocycles. The third-order valence-electron chi connectivity index (χ3n) is 32.9. The van der Waals surface area contributed by atoms with Gasteiger partial charge in [-0.25, -0.2) is 17.6 Å². The molecule has 12 aromatic rings. The van der Waals surface area contributed by atoms with Crippen LogP contribution >= 0.6 is 0 Å². The quantitative estimate of drug-likeness (QED) is 0.0831. The molecule has 1 unspecified atom stereocenters. The van der Waals surface area contributed by atoms with Crippen LogP contribution in [0.15, 0.2) is 219 Å². The normalized spacial score (nSPS) is 20.9. The molecule has 8 aromatic carbocycles. The number of anilines is 4. The summed E-state index contributed by atoms with van der Waals surface area (Å²) in [5.74, 6) is -0.704. The smallest absolute Gasteiger partial charge is 0.238 e. The van der Waals surface area contributed by atoms with E-state index in [0.717, 1.165) is 252 Å². The number of likely N-dealkylation sites (tertiary alicyclic amines) is 5. The van der Waals surface area contributed by atoms with E-state index in [9.17, 15) is 19.2 Å². The Labute approximate surface area is 811 Å². The average molecular weight is 1880 g/mol. The topological polar surface area (TPSA) is 187 Å². The lowest BCUT2D eigenvalue weighted by Gasteiger charge is -2.44. The molecule has 4 amide bonds. The predicted molar refractivity (Wildman–Crippen MR) is 531 cm³/mol. The van der Waals surface area contributed by atoms with Gasteiger partial charge in [0.15, 0.2) is 0 Å². The number of aryl methyl sites for hydroxylation is 4. The highest BCUT2D eigenvalue weighted by atomic mass is 19.1. The Morgan fingerprint density at radius 3 is 0.806 bits per heavy atom. The lowest BCUT2D eigenvalue weighted by atomic mass is 9.73. The summed E-state index contributed by atoms with van der Waals surface area (Å²) in [6, 6.07) is 55.8. The van der Waals surface area contributed by atoms with E-state index in [1.54, 1.807) is 90.9 Å². The standard InChI is InChI=1S/C29H34FN5O.C28H31FN4O2.C28H31FN4O.C27H29FN4O2/c1-32-13-9-24(10-14-32)34-15-11-29(12-16-34)25-5-3-4-6-27(25)35(28(29)36)20-22-8-7-21(17-26(22)30)23-18-31-33(2)19-23;1-31-18-22(17-30-31)20-6-7-21(25(29)16-20)19-33-26-5-3-2-4-24(26)28(27(33)34)10-12-32(13-11-28)23-8-14-35-15-9-23;1-31-18-22(17-30-31)20-10-11-21(25(29)16-20)19-33-26-9-5-4-8-24(26)28(27(33)34)12-14-32(15-13-28)23-6-2-3-7-23;1-30-16-21(15-29-30)19-6-7-20(24(28)14-19)17-32-25-5-3-2-4-23(25)27(26(32)33)9-11-31(12-10-27)22-8-13-34-18-22/h3-8,17-19,24H,9-16,20H2,1-2H3;2-7,16-18,23H,8-15,19H2,1H3;4-5,8-11,16-18,23H,2-3,6-7,12-15,19H2,1H3;2-7,14-16,22H,8-13,17-18H2,1H3. The average Bonchev–Trinajstić information content (AvgIpc) is 1.59. The van der Waals surface area contributed by atoms with Gasteiger partial charge in [0, 0.05) is 164 Å². The van der Waals surface area contributed by atoms with Crippen molar-refractivity contribution in [1.82, 2.24) is 63.6 Å². The number of amides is 4. The van der Waals surface area contributed by atoms with Crippen molar-refractivity contribution in [1.29, 1.82) is 0 Å². The lowest BCUT2D eigenvalue weighted by molar-refractivity contribution is -0.126. The third-order valence-corrected chi connectivity index (χ3v) is 32.9. The van der Waals surface area contributed by atoms with E-state index in [1.807, 2.05) is 165 Å². The molecular weight excluding hydrogens is 1760 g/mol. The largest absolute Gasteiger partial charge is 0.381 e. The Morgan fingerprint density at radius 1 is 0.295 bits per heavy atom. The Morgan fingerprint density at radius 2 is 0.547 bits per heavy atom. The number of fused-ring (bicyclic) bond motifs is 8. The third kappa shape index (κ3) is 18.0. The van der Waals surface area contributed by atoms with Gasteiger partial charge in [-0.2, -0.15) is 20.4 Å². The van der Waals surface area contributed by atoms with Crippen molar-refractivity contribution in [2.45, 2.75) is 181 Å². The minimum Gasteiger partial charge on any atom is -0.381 e. The summed E-state index contributed by atoms with van der Waals surface area (Å²) in [4.78, 5) is 75.8. The van der Waals surface area contributed by atoms with Crippen molar-refractivity contribution in [2.75, 3.05) is 119 Å². The molecule has 4 aromatic heterocycles. The van der Waals surface area contributed by atoms with Gasteiger partial charge in [0.05, 0.1) is 79.2 Å². The number of para-hydroxylation sites is 4. The zero-order valence-corrected chi connectivity index (χ0v) is 80.4. The van der Waals surface area contributed by atoms with Crippen LogP contribution in [0.3, 0.4) is 0 Å². The molecule has 0 radical (unpaired) electrons. The molecule has 1 atom stereocenters. The van der Waals surface area contributed by atoms with E-state index >= 15 is 17.6 Å². The van der Waals surface area contributed by atoms with Crippen LogP contribution in [0.2, 0.25) is 0 Å². The molecule has 8 fully saturated rings. The maximum absolute atomic E-state index is 15.2. The second-order valence-electron chi connectivity index (χ2n) is 40.8. The van der Waals surface area contributed by atoms with E-state index in [4.69, 9.17) is 9.47 Å². The van der Waals surface area contributed by atoms with E-state index in [-0.39, 0.29) is 73.1 Å². The number of hydrogen-bond acceptors (Lipinski definition) is 15. The summed E-state index contributed by atoms with van der Waals surface area (Å²) >= 11 is 0. The molecular formula is C112H125F4N17O6. The highest BCUT2D eigenvalue weighted by molar-refractivity contribution is 6.11. The van der Waals surface area contributed by atoms with Crippen LogP contribution in [0.25, 0.3) is 44.5 Å². The molecule has 23 nitrogen and oxygen atoms in total. The van der Waals surface area contributed by atoms with Gasteiger partial charge in [-0.1, -0.05) is 134 Å². The number of ether oxygens (including phenoxy) is 2. The first kappa shape index (κ1) is 93.2. The maximum Gasteiger partial charge on any atom is 0.238 e. The molecule has 0 N–H and O–H groups in total. The summed E-state index contributed by atoms with van der Waals surface area (Å²) < 4.78 is 78.7. The second kappa shape index (κ2) is 39.2. The highest BCUT2D eigenvalue weighted by Gasteiger charge is 2.57. The predicted octanol–water partition coefficient (Wildman–Crippen LogP) is 17.4. The van der Waals surface area contributed by atoms with Gasteiger partial charge < -0.3 is 48.7 Å². The van der Waals surface area contributed by atoms with E-state index in [1.165, 1.54) is 44.6 Å².